The molecule has 0 bridgehead atoms. The molecule has 1 aliphatic heterocycles. The van der Waals surface area contributed by atoms with E-state index in [0.717, 1.165) is 24.2 Å². The molecule has 0 aliphatic carbocycles. The van der Waals surface area contributed by atoms with Gasteiger partial charge in [0.05, 0.1) is 4.90 Å². The molecule has 2 N–H and O–H groups in total. The van der Waals surface area contributed by atoms with E-state index in [1.165, 1.54) is 12.1 Å². The van der Waals surface area contributed by atoms with Crippen molar-refractivity contribution in [3.63, 3.8) is 0 Å². The monoisotopic (exact) mass is 387 g/mol. The molecule has 6 nitrogen and oxygen atoms in total. The number of hydrogen-bond acceptors (Lipinski definition) is 4. The molecule has 0 radical (unpaired) electrons. The third-order valence-electron chi connectivity index (χ3n) is 4.78. The van der Waals surface area contributed by atoms with E-state index in [4.69, 9.17) is 0 Å². The van der Waals surface area contributed by atoms with Crippen LogP contribution in [0.5, 0.6) is 0 Å². The average Bonchev–Trinajstić information content (AvgIpc) is 2.61. The smallest absolute Gasteiger partial charge is 0.261 e. The first-order chi connectivity index (χ1) is 12.8. The number of aryl methyl sites for hydroxylation is 2. The molecule has 1 fully saturated rings. The fourth-order valence-corrected chi connectivity index (χ4v) is 4.29. The van der Waals surface area contributed by atoms with Crippen molar-refractivity contribution in [2.75, 3.05) is 24.4 Å². The molecule has 0 aromatic heterocycles. The predicted octanol–water partition coefficient (Wildman–Crippen LogP) is 2.54. The number of hydrogen-bond donors (Lipinski definition) is 2. The summed E-state index contributed by atoms with van der Waals surface area (Å²) in [6, 6.07) is 11.9. The summed E-state index contributed by atoms with van der Waals surface area (Å²) in [5.41, 5.74) is 2.65. The van der Waals surface area contributed by atoms with Crippen LogP contribution in [0, 0.1) is 13.8 Å². The third-order valence-corrected chi connectivity index (χ3v) is 6.16. The number of carbonyl (C=O) groups excluding carboxylic acids is 1. The zero-order valence-electron chi connectivity index (χ0n) is 15.8. The van der Waals surface area contributed by atoms with E-state index < -0.39 is 10.0 Å². The minimum Gasteiger partial charge on any atom is -0.333 e. The van der Waals surface area contributed by atoms with Crippen molar-refractivity contribution in [2.45, 2.75) is 31.7 Å². The number of benzene rings is 2. The standard InChI is InChI=1S/C20H25N3O3S/c1-14-5-4-6-17(11-14)22-27(25,26)18-8-7-15(2)19(12-18)20(24)23-10-9-21-13-16(23)3/h4-8,11-12,16,21-22H,9-10,13H2,1-3H3/t16-/m1/s1. The van der Waals surface area contributed by atoms with Crippen LogP contribution in [0.15, 0.2) is 47.4 Å². The maximum atomic E-state index is 13.0. The number of nitrogens with zero attached hydrogens (tertiary/aromatic N) is 1. The Kier molecular flexibility index (Phi) is 5.53. The predicted molar refractivity (Wildman–Crippen MR) is 107 cm³/mol. The van der Waals surface area contributed by atoms with E-state index in [0.29, 0.717) is 17.8 Å². The Morgan fingerprint density at radius 2 is 1.96 bits per heavy atom. The molecule has 1 heterocycles. The van der Waals surface area contributed by atoms with Gasteiger partial charge >= 0.3 is 0 Å². The molecule has 2 aromatic rings. The highest BCUT2D eigenvalue weighted by atomic mass is 32.2. The molecular formula is C20H25N3O3S. The summed E-state index contributed by atoms with van der Waals surface area (Å²) >= 11 is 0. The van der Waals surface area contributed by atoms with Gasteiger partial charge in [-0.15, -0.1) is 0 Å². The van der Waals surface area contributed by atoms with Gasteiger partial charge in [0.25, 0.3) is 15.9 Å². The Morgan fingerprint density at radius 1 is 1.19 bits per heavy atom. The van der Waals surface area contributed by atoms with Crippen LogP contribution >= 0.6 is 0 Å². The van der Waals surface area contributed by atoms with Gasteiger partial charge in [-0.2, -0.15) is 0 Å². The summed E-state index contributed by atoms with van der Waals surface area (Å²) in [4.78, 5) is 14.9. The van der Waals surface area contributed by atoms with Crippen LogP contribution in [-0.4, -0.2) is 44.9 Å². The minimum atomic E-state index is -3.78. The average molecular weight is 388 g/mol. The Bertz CT molecular complexity index is 957. The normalized spacial score (nSPS) is 17.6. The van der Waals surface area contributed by atoms with E-state index in [9.17, 15) is 13.2 Å². The molecule has 0 spiro atoms. The second-order valence-corrected chi connectivity index (χ2v) is 8.69. The van der Waals surface area contributed by atoms with Crippen molar-refractivity contribution in [2.24, 2.45) is 0 Å². The molecule has 7 heteroatoms. The van der Waals surface area contributed by atoms with Crippen LogP contribution in [0.4, 0.5) is 5.69 Å². The fraction of sp³-hybridized carbons (Fsp3) is 0.350. The van der Waals surface area contributed by atoms with Gasteiger partial charge < -0.3 is 10.2 Å². The highest BCUT2D eigenvalue weighted by Crippen LogP contribution is 2.22. The van der Waals surface area contributed by atoms with Crippen LogP contribution in [0.2, 0.25) is 0 Å². The first-order valence-corrected chi connectivity index (χ1v) is 10.5. The number of anilines is 1. The molecule has 2 aromatic carbocycles. The van der Waals surface area contributed by atoms with Crippen molar-refractivity contribution >= 4 is 21.6 Å². The Balaban J connectivity index is 1.91. The van der Waals surface area contributed by atoms with E-state index in [1.54, 1.807) is 29.2 Å². The molecule has 1 amide bonds. The highest BCUT2D eigenvalue weighted by Gasteiger charge is 2.26. The first kappa shape index (κ1) is 19.4. The van der Waals surface area contributed by atoms with Gasteiger partial charge in [0.1, 0.15) is 0 Å². The van der Waals surface area contributed by atoms with Crippen molar-refractivity contribution in [3.05, 3.63) is 59.2 Å². The van der Waals surface area contributed by atoms with Crippen LogP contribution in [-0.2, 0) is 10.0 Å². The lowest BCUT2D eigenvalue weighted by Crippen LogP contribution is -2.52. The molecule has 1 atom stereocenters. The van der Waals surface area contributed by atoms with Gasteiger partial charge in [0.2, 0.25) is 0 Å². The molecule has 1 aliphatic rings. The van der Waals surface area contributed by atoms with Gasteiger partial charge in [0.15, 0.2) is 0 Å². The van der Waals surface area contributed by atoms with Gasteiger partial charge in [-0.25, -0.2) is 8.42 Å². The molecular weight excluding hydrogens is 362 g/mol. The lowest BCUT2D eigenvalue weighted by Gasteiger charge is -2.34. The minimum absolute atomic E-state index is 0.0660. The zero-order valence-corrected chi connectivity index (χ0v) is 16.6. The van der Waals surface area contributed by atoms with Crippen LogP contribution < -0.4 is 10.0 Å². The summed E-state index contributed by atoms with van der Waals surface area (Å²) in [5.74, 6) is -0.130. The largest absolute Gasteiger partial charge is 0.333 e. The molecule has 0 unspecified atom stereocenters. The van der Waals surface area contributed by atoms with E-state index in [-0.39, 0.29) is 16.8 Å². The van der Waals surface area contributed by atoms with Crippen molar-refractivity contribution in [1.29, 1.82) is 0 Å². The topological polar surface area (TPSA) is 78.5 Å². The number of rotatable bonds is 4. The number of carbonyl (C=O) groups is 1. The summed E-state index contributed by atoms with van der Waals surface area (Å²) in [6.07, 6.45) is 0. The van der Waals surface area contributed by atoms with E-state index in [2.05, 4.69) is 10.0 Å². The molecule has 144 valence electrons. The summed E-state index contributed by atoms with van der Waals surface area (Å²) in [5, 5.41) is 3.25. The fourth-order valence-electron chi connectivity index (χ4n) is 3.22. The first-order valence-electron chi connectivity index (χ1n) is 9.00. The van der Waals surface area contributed by atoms with Crippen LogP contribution in [0.25, 0.3) is 0 Å². The quantitative estimate of drug-likeness (QED) is 0.845. The maximum Gasteiger partial charge on any atom is 0.261 e. The molecule has 1 saturated heterocycles. The number of piperazine rings is 1. The summed E-state index contributed by atoms with van der Waals surface area (Å²) in [7, 11) is -3.78. The van der Waals surface area contributed by atoms with Crippen LogP contribution in [0.3, 0.4) is 0 Å². The number of sulfonamides is 1. The van der Waals surface area contributed by atoms with E-state index >= 15 is 0 Å². The van der Waals surface area contributed by atoms with E-state index in [1.807, 2.05) is 26.8 Å². The second-order valence-electron chi connectivity index (χ2n) is 7.00. The number of nitrogens with one attached hydrogen (secondary N) is 2. The lowest BCUT2D eigenvalue weighted by molar-refractivity contribution is 0.0654. The Morgan fingerprint density at radius 3 is 2.67 bits per heavy atom. The maximum absolute atomic E-state index is 13.0. The summed E-state index contributed by atoms with van der Waals surface area (Å²) < 4.78 is 28.2. The summed E-state index contributed by atoms with van der Waals surface area (Å²) in [6.45, 7) is 7.79. The highest BCUT2D eigenvalue weighted by molar-refractivity contribution is 7.92. The van der Waals surface area contributed by atoms with Gasteiger partial charge in [-0.1, -0.05) is 18.2 Å². The number of amides is 1. The Labute approximate surface area is 160 Å². The van der Waals surface area contributed by atoms with Crippen molar-refractivity contribution in [3.8, 4) is 0 Å². The molecule has 0 saturated carbocycles. The lowest BCUT2D eigenvalue weighted by atomic mass is 10.1. The van der Waals surface area contributed by atoms with Crippen molar-refractivity contribution in [1.82, 2.24) is 10.2 Å². The second kappa shape index (κ2) is 7.70. The SMILES string of the molecule is Cc1cccc(NS(=O)(=O)c2ccc(C)c(C(=O)N3CCNC[C@H]3C)c2)c1. The third kappa shape index (κ3) is 4.31. The molecule has 3 rings (SSSR count). The van der Waals surface area contributed by atoms with Crippen molar-refractivity contribution < 1.29 is 13.2 Å². The van der Waals surface area contributed by atoms with Gasteiger partial charge in [-0.05, 0) is 56.2 Å². The molecule has 27 heavy (non-hydrogen) atoms. The van der Waals surface area contributed by atoms with Gasteiger partial charge in [0, 0.05) is 36.9 Å². The Hall–Kier alpha value is -2.38. The van der Waals surface area contributed by atoms with Gasteiger partial charge in [-0.3, -0.25) is 9.52 Å². The van der Waals surface area contributed by atoms with Crippen LogP contribution in [0.1, 0.15) is 28.4 Å². The zero-order chi connectivity index (χ0) is 19.6.